The van der Waals surface area contributed by atoms with E-state index in [0.29, 0.717) is 41.8 Å². The largest absolute Gasteiger partial charge is 0.508 e. The average Bonchev–Trinajstić information content (AvgIpc) is 3.19. The summed E-state index contributed by atoms with van der Waals surface area (Å²) in [6.07, 6.45) is 0.616. The van der Waals surface area contributed by atoms with E-state index in [2.05, 4.69) is 33.1 Å². The molecule has 18 nitrogen and oxygen atoms in total. The van der Waals surface area contributed by atoms with Crippen molar-refractivity contribution in [1.29, 1.82) is 5.26 Å². The number of phenols is 1. The minimum absolute atomic E-state index is 0.00552. The van der Waals surface area contributed by atoms with E-state index in [0.717, 1.165) is 21.7 Å². The second kappa shape index (κ2) is 24.4. The summed E-state index contributed by atoms with van der Waals surface area (Å²) in [5.41, 5.74) is 3.21. The Morgan fingerprint density at radius 2 is 1.78 bits per heavy atom. The topological polar surface area (TPSA) is 224 Å². The predicted octanol–water partition coefficient (Wildman–Crippen LogP) is 9.33. The fourth-order valence-corrected chi connectivity index (χ4v) is 12.4. The molecule has 3 amide bonds. The maximum absolute atomic E-state index is 17.3. The molecule has 3 saturated heterocycles. The number of piperazine rings is 1. The van der Waals surface area contributed by atoms with Crippen molar-refractivity contribution in [2.45, 2.75) is 89.2 Å². The summed E-state index contributed by atoms with van der Waals surface area (Å²) in [6, 6.07) is 21.4. The van der Waals surface area contributed by atoms with Gasteiger partial charge in [0.25, 0.3) is 5.88 Å². The van der Waals surface area contributed by atoms with Gasteiger partial charge in [0.15, 0.2) is 11.6 Å². The van der Waals surface area contributed by atoms with Crippen LogP contribution < -0.4 is 19.7 Å². The summed E-state index contributed by atoms with van der Waals surface area (Å²) in [6.45, 7) is 12.6. The normalized spacial score (nSPS) is 19.1. The molecule has 7 aromatic rings. The molecule has 3 aliphatic rings. The summed E-state index contributed by atoms with van der Waals surface area (Å²) in [5.74, 6) is -2.67. The molecule has 6 heterocycles. The average molecular weight is 1160 g/mol. The van der Waals surface area contributed by atoms with Crippen LogP contribution in [0, 0.1) is 30.0 Å². The highest BCUT2D eigenvalue weighted by Gasteiger charge is 2.44. The quantitative estimate of drug-likeness (QED) is 0.0681. The standard InChI is InChI=1S/C60H63ClF2N10O8S/c1-6-50(76)72-22-21-71(30-40(72)15-18-64)56-45-28-46(61)52(44-26-41(74)25-39-9-7-8-10-43(39)44)53(62)54(45)67-59(68-56)79-24-23-70-19-16-60(63,17-20-70)32-80-49-29-48(81-69-49)51(34(2)3)58(78)73-31-42(75)27-47(73)57(77)66-35(4)37-11-13-38(14-12-37)55-36(5)65-33-82-55/h6-14,25-26,28-29,33-35,40,42,47,51,74-75H,1,15-17,19-24,27,30-32H2,2-5H3,(H,66,77)/t35-,40-,42+,47-,51+/m0/s1. The Bertz CT molecular complexity index is 3570. The monoisotopic (exact) mass is 1160 g/mol. The Balaban J connectivity index is 0.775. The lowest BCUT2D eigenvalue weighted by molar-refractivity contribution is -0.141. The highest BCUT2D eigenvalue weighted by atomic mass is 35.5. The number of rotatable bonds is 18. The molecule has 10 rings (SSSR count). The fourth-order valence-electron chi connectivity index (χ4n) is 11.3. The second-order valence-electron chi connectivity index (χ2n) is 21.6. The number of nitriles is 1. The molecular formula is C60H63ClF2N10O8S. The van der Waals surface area contributed by atoms with Crippen LogP contribution in [0.15, 0.2) is 95.5 Å². The number of β-amino-alcohol motifs (C(OH)–C–C–N with tert-alkyl or cyclic N) is 1. The van der Waals surface area contributed by atoms with Gasteiger partial charge in [0.1, 0.15) is 47.9 Å². The van der Waals surface area contributed by atoms with E-state index >= 15 is 8.78 Å². The Kier molecular flexibility index (Phi) is 17.1. The first-order chi connectivity index (χ1) is 39.4. The Morgan fingerprint density at radius 3 is 2.50 bits per heavy atom. The Morgan fingerprint density at radius 1 is 1.01 bits per heavy atom. The van der Waals surface area contributed by atoms with Crippen molar-refractivity contribution in [3.05, 3.63) is 119 Å². The van der Waals surface area contributed by atoms with E-state index in [9.17, 15) is 29.9 Å². The van der Waals surface area contributed by atoms with Gasteiger partial charge in [-0.1, -0.05) is 80.6 Å². The molecule has 82 heavy (non-hydrogen) atoms. The lowest BCUT2D eigenvalue weighted by Crippen LogP contribution is -2.55. The Labute approximate surface area is 481 Å². The number of alkyl halides is 1. The van der Waals surface area contributed by atoms with Crippen molar-refractivity contribution < 1.29 is 47.4 Å². The number of thiazole rings is 1. The fraction of sp³-hybridized carbons (Fsp3) is 0.400. The molecular weight excluding hydrogens is 1090 g/mol. The third-order valence-electron chi connectivity index (χ3n) is 15.8. The lowest BCUT2D eigenvalue weighted by atomic mass is 9.91. The van der Waals surface area contributed by atoms with Crippen LogP contribution >= 0.6 is 22.9 Å². The number of halogens is 3. The first-order valence-electron chi connectivity index (χ1n) is 27.3. The molecule has 3 aromatic heterocycles. The van der Waals surface area contributed by atoms with Gasteiger partial charge in [0, 0.05) is 69.3 Å². The molecule has 5 atom stereocenters. The zero-order valence-electron chi connectivity index (χ0n) is 45.9. The number of amides is 3. The number of nitrogens with one attached hydrogen (secondary N) is 1. The number of nitrogens with zero attached hydrogens (tertiary/aromatic N) is 9. The van der Waals surface area contributed by atoms with Crippen LogP contribution in [0.25, 0.3) is 43.2 Å². The number of piperidine rings is 1. The third-order valence-corrected chi connectivity index (χ3v) is 17.1. The number of carbonyl (C=O) groups is 3. The number of hydrogen-bond acceptors (Lipinski definition) is 16. The summed E-state index contributed by atoms with van der Waals surface area (Å²) in [5, 5.41) is 39.9. The molecule has 3 aliphatic heterocycles. The maximum Gasteiger partial charge on any atom is 0.319 e. The molecule has 4 aromatic carbocycles. The number of anilines is 1. The predicted molar refractivity (Wildman–Crippen MR) is 307 cm³/mol. The molecule has 428 valence electrons. The Hall–Kier alpha value is -7.77. The summed E-state index contributed by atoms with van der Waals surface area (Å²) in [4.78, 5) is 62.6. The van der Waals surface area contributed by atoms with Crippen LogP contribution in [-0.4, -0.2) is 146 Å². The van der Waals surface area contributed by atoms with E-state index in [1.54, 1.807) is 46.0 Å². The number of aliphatic hydroxyl groups is 1. The van der Waals surface area contributed by atoms with Crippen LogP contribution in [0.3, 0.4) is 0 Å². The van der Waals surface area contributed by atoms with Gasteiger partial charge in [0.05, 0.1) is 51.8 Å². The number of likely N-dealkylation sites (tertiary alicyclic amines) is 2. The van der Waals surface area contributed by atoms with Crippen LogP contribution in [0.5, 0.6) is 17.6 Å². The van der Waals surface area contributed by atoms with Gasteiger partial charge in [-0.05, 0) is 89.5 Å². The zero-order valence-corrected chi connectivity index (χ0v) is 47.4. The van der Waals surface area contributed by atoms with E-state index in [1.807, 2.05) is 73.9 Å². The lowest BCUT2D eigenvalue weighted by Gasteiger charge is -2.41. The third kappa shape index (κ3) is 12.1. The van der Waals surface area contributed by atoms with Crippen molar-refractivity contribution >= 4 is 68.2 Å². The number of fused-ring (bicyclic) bond motifs is 2. The SMILES string of the molecule is C=CC(=O)N1CCN(c2nc(OCCN3CCC(F)(COc4cc([C@H](C(=O)N5C[C@H](O)C[C@H]5C(=O)N[C@@H](C)c5ccc(-c6scnc6C)cc5)C(C)C)on4)CC3)nc3c(F)c(-c4cc(O)cc5ccccc45)c(Cl)cc23)C[C@@H]1CC#N. The van der Waals surface area contributed by atoms with Gasteiger partial charge in [-0.3, -0.25) is 19.3 Å². The van der Waals surface area contributed by atoms with Crippen LogP contribution in [0.4, 0.5) is 14.6 Å². The minimum atomic E-state index is -1.73. The van der Waals surface area contributed by atoms with Gasteiger partial charge in [-0.25, -0.2) is 13.8 Å². The highest BCUT2D eigenvalue weighted by Crippen LogP contribution is 2.43. The summed E-state index contributed by atoms with van der Waals surface area (Å²) in [7, 11) is 0. The number of hydrogen-bond donors (Lipinski definition) is 3. The first-order valence-corrected chi connectivity index (χ1v) is 28.6. The van der Waals surface area contributed by atoms with Crippen LogP contribution in [-0.2, 0) is 14.4 Å². The molecule has 3 N–H and O–H groups in total. The van der Waals surface area contributed by atoms with E-state index in [-0.39, 0.29) is 134 Å². The number of aromatic hydroxyl groups is 1. The molecule has 0 radical (unpaired) electrons. The van der Waals surface area contributed by atoms with E-state index in [1.165, 1.54) is 23.1 Å². The van der Waals surface area contributed by atoms with Gasteiger partial charge in [-0.2, -0.15) is 15.2 Å². The highest BCUT2D eigenvalue weighted by molar-refractivity contribution is 7.13. The maximum atomic E-state index is 17.3. The molecule has 0 unspecified atom stereocenters. The van der Waals surface area contributed by atoms with Crippen molar-refractivity contribution in [2.75, 3.05) is 63.9 Å². The molecule has 0 aliphatic carbocycles. The van der Waals surface area contributed by atoms with Gasteiger partial charge >= 0.3 is 6.01 Å². The van der Waals surface area contributed by atoms with E-state index in [4.69, 9.17) is 30.6 Å². The second-order valence-corrected chi connectivity index (χ2v) is 22.9. The van der Waals surface area contributed by atoms with Gasteiger partial charge in [0.2, 0.25) is 17.7 Å². The molecule has 0 saturated carbocycles. The van der Waals surface area contributed by atoms with Crippen molar-refractivity contribution in [2.24, 2.45) is 5.92 Å². The van der Waals surface area contributed by atoms with E-state index < -0.39 is 41.5 Å². The van der Waals surface area contributed by atoms with Crippen molar-refractivity contribution in [1.82, 2.24) is 40.1 Å². The van der Waals surface area contributed by atoms with Crippen LogP contribution in [0.2, 0.25) is 5.02 Å². The number of phenolic OH excluding ortho intramolecular Hbond substituents is 1. The number of benzene rings is 4. The molecule has 0 bridgehead atoms. The first kappa shape index (κ1) is 57.5. The molecule has 3 fully saturated rings. The van der Waals surface area contributed by atoms with Crippen LogP contribution in [0.1, 0.15) is 75.4 Å². The number of ether oxygens (including phenoxy) is 2. The van der Waals surface area contributed by atoms with Crippen molar-refractivity contribution in [3.8, 4) is 45.3 Å². The number of carbonyl (C=O) groups excluding carboxylic acids is 3. The number of aromatic nitrogens is 4. The van der Waals surface area contributed by atoms with Crippen molar-refractivity contribution in [3.63, 3.8) is 0 Å². The minimum Gasteiger partial charge on any atom is -0.508 e. The van der Waals surface area contributed by atoms with Gasteiger partial charge in [-0.15, -0.1) is 11.3 Å². The molecule has 0 spiro atoms. The number of aliphatic hydroxyl groups excluding tert-OH is 1. The summed E-state index contributed by atoms with van der Waals surface area (Å²) >= 11 is 8.50. The molecule has 22 heteroatoms. The zero-order chi connectivity index (χ0) is 58.0. The number of aryl methyl sites for hydroxylation is 1. The summed E-state index contributed by atoms with van der Waals surface area (Å²) < 4.78 is 51.5. The van der Waals surface area contributed by atoms with Gasteiger partial charge < -0.3 is 44.2 Å². The smallest absolute Gasteiger partial charge is 0.319 e.